The molecule has 0 radical (unpaired) electrons. The van der Waals surface area contributed by atoms with Crippen LogP contribution >= 0.6 is 0 Å². The van der Waals surface area contributed by atoms with Crippen LogP contribution in [-0.4, -0.2) is 40.4 Å². The van der Waals surface area contributed by atoms with Gasteiger partial charge in [0.05, 0.1) is 0 Å². The zero-order valence-corrected chi connectivity index (χ0v) is 17.0. The molecule has 0 bridgehead atoms. The Bertz CT molecular complexity index is 661. The van der Waals surface area contributed by atoms with E-state index in [-0.39, 0.29) is 24.2 Å². The summed E-state index contributed by atoms with van der Waals surface area (Å²) in [5.74, 6) is -0.184. The number of hydrogen-bond acceptors (Lipinski definition) is 5. The third kappa shape index (κ3) is 7.74. The smallest absolute Gasteiger partial charge is 0.369 e. The van der Waals surface area contributed by atoms with Crippen molar-refractivity contribution in [1.82, 2.24) is 14.9 Å². The van der Waals surface area contributed by atoms with Gasteiger partial charge in [0.1, 0.15) is 11.4 Å². The number of carbonyl (C=O) groups excluding carboxylic acids is 1. The molecule has 1 amide bonds. The van der Waals surface area contributed by atoms with Crippen molar-refractivity contribution in [3.63, 3.8) is 0 Å². The summed E-state index contributed by atoms with van der Waals surface area (Å²) in [6.07, 6.45) is 1.01. The molecule has 2 N–H and O–H groups in total. The van der Waals surface area contributed by atoms with E-state index in [4.69, 9.17) is 0 Å². The Morgan fingerprint density at radius 3 is 2.50 bits per heavy atom. The van der Waals surface area contributed by atoms with E-state index >= 15 is 0 Å². The van der Waals surface area contributed by atoms with Crippen LogP contribution < -0.4 is 10.6 Å². The Hall–Kier alpha value is -2.32. The molecule has 0 aromatic carbocycles. The van der Waals surface area contributed by atoms with Gasteiger partial charge in [0.25, 0.3) is 0 Å². The van der Waals surface area contributed by atoms with Crippen molar-refractivity contribution in [2.24, 2.45) is 0 Å². The Labute approximate surface area is 164 Å². The third-order valence-corrected chi connectivity index (χ3v) is 4.03. The zero-order chi connectivity index (χ0) is 21.2. The average molecular weight is 401 g/mol. The van der Waals surface area contributed by atoms with Crippen LogP contribution in [0.2, 0.25) is 0 Å². The van der Waals surface area contributed by atoms with Crippen molar-refractivity contribution in [2.75, 3.05) is 30.3 Å². The molecule has 9 heteroatoms. The predicted molar refractivity (Wildman–Crippen MR) is 105 cm³/mol. The highest BCUT2D eigenvalue weighted by atomic mass is 19.4. The quantitative estimate of drug-likeness (QED) is 0.527. The van der Waals surface area contributed by atoms with Gasteiger partial charge in [0.15, 0.2) is 0 Å². The van der Waals surface area contributed by atoms with Crippen LogP contribution in [-0.2, 0) is 11.0 Å². The fourth-order valence-electron chi connectivity index (χ4n) is 2.63. The third-order valence-electron chi connectivity index (χ3n) is 4.03. The SMILES string of the molecule is CC/C=C(\CC)Nc1ncc(C(F)(F)F)c(NCCCN(CCC)C(C)=O)n1. The summed E-state index contributed by atoms with van der Waals surface area (Å²) in [4.78, 5) is 21.0. The molecule has 1 aromatic rings. The van der Waals surface area contributed by atoms with Crippen LogP contribution in [0.3, 0.4) is 0 Å². The number of aromatic nitrogens is 2. The number of amides is 1. The van der Waals surface area contributed by atoms with Crippen molar-refractivity contribution < 1.29 is 18.0 Å². The topological polar surface area (TPSA) is 70.2 Å². The monoisotopic (exact) mass is 401 g/mol. The highest BCUT2D eigenvalue weighted by Gasteiger charge is 2.35. The molecule has 0 aliphatic carbocycles. The number of rotatable bonds is 11. The number of anilines is 2. The van der Waals surface area contributed by atoms with E-state index in [0.29, 0.717) is 25.9 Å². The van der Waals surface area contributed by atoms with Gasteiger partial charge < -0.3 is 15.5 Å². The Morgan fingerprint density at radius 2 is 1.96 bits per heavy atom. The molecule has 0 saturated carbocycles. The number of hydrogen-bond donors (Lipinski definition) is 2. The fraction of sp³-hybridized carbons (Fsp3) is 0.632. The molecule has 0 fully saturated rings. The summed E-state index contributed by atoms with van der Waals surface area (Å²) in [6.45, 7) is 8.74. The van der Waals surface area contributed by atoms with Gasteiger partial charge in [-0.15, -0.1) is 0 Å². The summed E-state index contributed by atoms with van der Waals surface area (Å²) in [5.41, 5.74) is -0.0579. The molecule has 0 saturated heterocycles. The number of alkyl halides is 3. The van der Waals surface area contributed by atoms with Crippen LogP contribution in [0.1, 0.15) is 58.9 Å². The largest absolute Gasteiger partial charge is 0.421 e. The number of nitrogens with zero attached hydrogens (tertiary/aromatic N) is 3. The van der Waals surface area contributed by atoms with Crippen LogP contribution in [0.5, 0.6) is 0 Å². The van der Waals surface area contributed by atoms with Crippen LogP contribution in [0.15, 0.2) is 18.0 Å². The molecule has 158 valence electrons. The van der Waals surface area contributed by atoms with Gasteiger partial charge in [0, 0.05) is 38.5 Å². The molecule has 0 unspecified atom stereocenters. The summed E-state index contributed by atoms with van der Waals surface area (Å²) < 4.78 is 39.8. The van der Waals surface area contributed by atoms with E-state index in [0.717, 1.165) is 24.7 Å². The minimum atomic E-state index is -4.55. The predicted octanol–water partition coefficient (Wildman–Crippen LogP) is 4.67. The van der Waals surface area contributed by atoms with Crippen LogP contribution in [0.4, 0.5) is 24.9 Å². The average Bonchev–Trinajstić information content (AvgIpc) is 2.62. The van der Waals surface area contributed by atoms with Gasteiger partial charge in [-0.25, -0.2) is 4.98 Å². The van der Waals surface area contributed by atoms with Crippen molar-refractivity contribution in [3.8, 4) is 0 Å². The zero-order valence-electron chi connectivity index (χ0n) is 17.0. The normalized spacial score (nSPS) is 12.0. The van der Waals surface area contributed by atoms with E-state index in [9.17, 15) is 18.0 Å². The Balaban J connectivity index is 2.87. The fourth-order valence-corrected chi connectivity index (χ4v) is 2.63. The van der Waals surface area contributed by atoms with E-state index < -0.39 is 11.7 Å². The molecule has 0 atom stereocenters. The van der Waals surface area contributed by atoms with Crippen molar-refractivity contribution >= 4 is 17.7 Å². The second kappa shape index (κ2) is 11.5. The first-order valence-electron chi connectivity index (χ1n) is 9.62. The van der Waals surface area contributed by atoms with Gasteiger partial charge in [-0.05, 0) is 25.7 Å². The number of nitrogens with one attached hydrogen (secondary N) is 2. The minimum absolute atomic E-state index is 0.0406. The Morgan fingerprint density at radius 1 is 1.25 bits per heavy atom. The maximum atomic E-state index is 13.3. The van der Waals surface area contributed by atoms with Gasteiger partial charge in [-0.2, -0.15) is 18.2 Å². The Kier molecular flexibility index (Phi) is 9.75. The van der Waals surface area contributed by atoms with Gasteiger partial charge in [0.2, 0.25) is 11.9 Å². The summed E-state index contributed by atoms with van der Waals surface area (Å²) >= 11 is 0. The van der Waals surface area contributed by atoms with Gasteiger partial charge in [-0.1, -0.05) is 26.8 Å². The highest BCUT2D eigenvalue weighted by Crippen LogP contribution is 2.33. The van der Waals surface area contributed by atoms with E-state index in [2.05, 4.69) is 20.6 Å². The summed E-state index contributed by atoms with van der Waals surface area (Å²) in [5, 5.41) is 5.72. The molecule has 6 nitrogen and oxygen atoms in total. The molecule has 0 aliphatic rings. The summed E-state index contributed by atoms with van der Waals surface area (Å²) in [7, 11) is 0. The lowest BCUT2D eigenvalue weighted by molar-refractivity contribution is -0.137. The van der Waals surface area contributed by atoms with Gasteiger partial charge >= 0.3 is 6.18 Å². The lowest BCUT2D eigenvalue weighted by Gasteiger charge is -2.20. The van der Waals surface area contributed by atoms with Crippen LogP contribution in [0.25, 0.3) is 0 Å². The van der Waals surface area contributed by atoms with E-state index in [1.807, 2.05) is 26.8 Å². The maximum Gasteiger partial charge on any atom is 0.421 e. The lowest BCUT2D eigenvalue weighted by atomic mass is 10.2. The molecule has 1 heterocycles. The molecule has 1 rings (SSSR count). The lowest BCUT2D eigenvalue weighted by Crippen LogP contribution is -2.31. The standard InChI is InChI=1S/C19H30F3N5O/c1-5-9-15(7-3)25-18-24-13-16(19(20,21)22)17(26-18)23-10-8-12-27(11-6-2)14(4)28/h9,13H,5-8,10-12H2,1-4H3,(H2,23,24,25,26)/b15-9+. The minimum Gasteiger partial charge on any atom is -0.369 e. The van der Waals surface area contributed by atoms with Crippen LogP contribution in [0, 0.1) is 0 Å². The van der Waals surface area contributed by atoms with Crippen molar-refractivity contribution in [3.05, 3.63) is 23.5 Å². The highest BCUT2D eigenvalue weighted by molar-refractivity contribution is 5.73. The molecular formula is C19H30F3N5O. The van der Waals surface area contributed by atoms with Crippen molar-refractivity contribution in [2.45, 2.75) is 59.6 Å². The number of allylic oxidation sites excluding steroid dienone is 2. The maximum absolute atomic E-state index is 13.3. The molecule has 0 spiro atoms. The molecule has 0 aliphatic heterocycles. The second-order valence-electron chi connectivity index (χ2n) is 6.36. The van der Waals surface area contributed by atoms with Gasteiger partial charge in [-0.3, -0.25) is 4.79 Å². The first-order valence-corrected chi connectivity index (χ1v) is 9.62. The molecular weight excluding hydrogens is 371 g/mol. The number of halogens is 3. The van der Waals surface area contributed by atoms with E-state index in [1.165, 1.54) is 6.92 Å². The first kappa shape index (κ1) is 23.7. The summed E-state index contributed by atoms with van der Waals surface area (Å²) in [6, 6.07) is 0. The molecule has 28 heavy (non-hydrogen) atoms. The van der Waals surface area contributed by atoms with E-state index in [1.54, 1.807) is 4.90 Å². The first-order chi connectivity index (χ1) is 13.2. The molecule has 1 aromatic heterocycles. The number of carbonyl (C=O) groups is 1. The second-order valence-corrected chi connectivity index (χ2v) is 6.36. The van der Waals surface area contributed by atoms with Crippen molar-refractivity contribution in [1.29, 1.82) is 0 Å².